The van der Waals surface area contributed by atoms with Crippen LogP contribution in [0, 0.1) is 0 Å². The van der Waals surface area contributed by atoms with Gasteiger partial charge in [-0.15, -0.1) is 13.2 Å². The van der Waals surface area contributed by atoms with Gasteiger partial charge in [-0.25, -0.2) is 8.78 Å². The summed E-state index contributed by atoms with van der Waals surface area (Å²) in [6, 6.07) is 1.98. The second-order valence-corrected chi connectivity index (χ2v) is 2.57. The van der Waals surface area contributed by atoms with Crippen LogP contribution in [0.4, 0.5) is 22.0 Å². The number of hydrogen-bond donors (Lipinski definition) is 1. The Hall–Kier alpha value is -1.53. The van der Waals surface area contributed by atoms with Crippen molar-refractivity contribution in [3.8, 4) is 11.5 Å². The van der Waals surface area contributed by atoms with E-state index in [0.717, 1.165) is 6.07 Å². The molecular weight excluding hydrogens is 223 g/mol. The molecule has 1 aromatic carbocycles. The van der Waals surface area contributed by atoms with Crippen LogP contribution in [0.25, 0.3) is 0 Å². The Balaban J connectivity index is 3.06. The molecule has 1 rings (SSSR count). The van der Waals surface area contributed by atoms with Crippen molar-refractivity contribution in [3.63, 3.8) is 0 Å². The summed E-state index contributed by atoms with van der Waals surface area (Å²) in [6.07, 6.45) is -8.20. The largest absolute Gasteiger partial charge is 0.573 e. The highest BCUT2D eigenvalue weighted by Crippen LogP contribution is 2.34. The second kappa shape index (κ2) is 3.92. The van der Waals surface area contributed by atoms with Crippen LogP contribution in [-0.4, -0.2) is 11.5 Å². The van der Waals surface area contributed by atoms with Gasteiger partial charge in [-0.1, -0.05) is 0 Å². The predicted molar refractivity (Wildman–Crippen MR) is 39.7 cm³/mol. The Morgan fingerprint density at radius 1 is 1.20 bits per heavy atom. The van der Waals surface area contributed by atoms with Crippen molar-refractivity contribution >= 4 is 0 Å². The van der Waals surface area contributed by atoms with Crippen molar-refractivity contribution in [1.82, 2.24) is 0 Å². The van der Waals surface area contributed by atoms with Gasteiger partial charge >= 0.3 is 6.36 Å². The molecule has 0 atom stereocenters. The van der Waals surface area contributed by atoms with Crippen molar-refractivity contribution in [2.24, 2.45) is 0 Å². The molecule has 0 radical (unpaired) electrons. The normalized spacial score (nSPS) is 11.9. The Bertz CT molecular complexity index is 347. The smallest absolute Gasteiger partial charge is 0.508 e. The maximum atomic E-state index is 12.2. The van der Waals surface area contributed by atoms with Gasteiger partial charge in [0.25, 0.3) is 6.43 Å². The van der Waals surface area contributed by atoms with Gasteiger partial charge in [0.15, 0.2) is 0 Å². The molecule has 0 spiro atoms. The molecule has 0 aliphatic carbocycles. The minimum atomic E-state index is -5.04. The van der Waals surface area contributed by atoms with Crippen LogP contribution in [-0.2, 0) is 0 Å². The van der Waals surface area contributed by atoms with E-state index in [-0.39, 0.29) is 0 Å². The SMILES string of the molecule is Oc1ccc(OC(F)(F)F)c(C(F)F)c1. The summed E-state index contributed by atoms with van der Waals surface area (Å²) >= 11 is 0. The molecule has 15 heavy (non-hydrogen) atoms. The first kappa shape index (κ1) is 11.5. The molecule has 0 amide bonds. The molecule has 0 bridgehead atoms. The zero-order chi connectivity index (χ0) is 11.6. The van der Waals surface area contributed by atoms with E-state index in [2.05, 4.69) is 4.74 Å². The lowest BCUT2D eigenvalue weighted by molar-refractivity contribution is -0.275. The highest BCUT2D eigenvalue weighted by Gasteiger charge is 2.33. The zero-order valence-electron chi connectivity index (χ0n) is 7.05. The molecule has 0 heterocycles. The fourth-order valence-corrected chi connectivity index (χ4v) is 0.924. The van der Waals surface area contributed by atoms with Gasteiger partial charge in [0.2, 0.25) is 0 Å². The minimum absolute atomic E-state index is 0.520. The fraction of sp³-hybridized carbons (Fsp3) is 0.250. The number of phenols is 1. The van der Waals surface area contributed by atoms with Gasteiger partial charge in [-0.2, -0.15) is 0 Å². The van der Waals surface area contributed by atoms with Crippen LogP contribution < -0.4 is 4.74 Å². The Kier molecular flexibility index (Phi) is 3.01. The van der Waals surface area contributed by atoms with Gasteiger partial charge in [0, 0.05) is 0 Å². The van der Waals surface area contributed by atoms with Gasteiger partial charge < -0.3 is 9.84 Å². The summed E-state index contributed by atoms with van der Waals surface area (Å²) in [5.74, 6) is -1.57. The van der Waals surface area contributed by atoms with Gasteiger partial charge in [0.1, 0.15) is 11.5 Å². The molecule has 0 aliphatic rings. The number of halogens is 5. The summed E-state index contributed by atoms with van der Waals surface area (Å²) in [4.78, 5) is 0. The number of aromatic hydroxyl groups is 1. The van der Waals surface area contributed by atoms with E-state index in [1.165, 1.54) is 0 Å². The van der Waals surface area contributed by atoms with Crippen molar-refractivity contribution < 1.29 is 31.8 Å². The van der Waals surface area contributed by atoms with Crippen LogP contribution in [0.1, 0.15) is 12.0 Å². The maximum Gasteiger partial charge on any atom is 0.573 e. The summed E-state index contributed by atoms with van der Waals surface area (Å²) < 4.78 is 63.1. The lowest BCUT2D eigenvalue weighted by Gasteiger charge is -2.12. The number of benzene rings is 1. The molecule has 0 saturated heterocycles. The average Bonchev–Trinajstić information content (AvgIpc) is 2.05. The summed E-state index contributed by atoms with van der Waals surface area (Å²) in [5, 5.41) is 8.81. The number of hydrogen-bond acceptors (Lipinski definition) is 2. The van der Waals surface area contributed by atoms with Crippen molar-refractivity contribution in [2.45, 2.75) is 12.8 Å². The molecule has 0 unspecified atom stereocenters. The molecule has 0 aromatic heterocycles. The van der Waals surface area contributed by atoms with E-state index in [1.807, 2.05) is 0 Å². The third kappa shape index (κ3) is 3.26. The summed E-state index contributed by atoms with van der Waals surface area (Å²) in [5.41, 5.74) is -1.01. The molecule has 2 nitrogen and oxygen atoms in total. The number of phenolic OH excluding ortho intramolecular Hbond substituents is 1. The maximum absolute atomic E-state index is 12.2. The first-order valence-electron chi connectivity index (χ1n) is 3.66. The molecule has 0 saturated carbocycles. The summed E-state index contributed by atoms with van der Waals surface area (Å²) in [6.45, 7) is 0. The molecule has 0 aliphatic heterocycles. The highest BCUT2D eigenvalue weighted by atomic mass is 19.4. The first-order valence-corrected chi connectivity index (χ1v) is 3.66. The van der Waals surface area contributed by atoms with Crippen LogP contribution in [0.3, 0.4) is 0 Å². The number of ether oxygens (including phenoxy) is 1. The van der Waals surface area contributed by atoms with E-state index in [0.29, 0.717) is 12.1 Å². The van der Waals surface area contributed by atoms with Crippen molar-refractivity contribution in [1.29, 1.82) is 0 Å². The quantitative estimate of drug-likeness (QED) is 0.787. The van der Waals surface area contributed by atoms with E-state index >= 15 is 0 Å². The van der Waals surface area contributed by atoms with Crippen LogP contribution in [0.15, 0.2) is 18.2 Å². The van der Waals surface area contributed by atoms with E-state index < -0.39 is 29.9 Å². The predicted octanol–water partition coefficient (Wildman–Crippen LogP) is 3.23. The van der Waals surface area contributed by atoms with Gasteiger partial charge in [-0.3, -0.25) is 0 Å². The number of rotatable bonds is 2. The molecule has 1 aromatic rings. The number of alkyl halides is 5. The fourth-order valence-electron chi connectivity index (χ4n) is 0.924. The standard InChI is InChI=1S/C8H5F5O2/c9-7(10)5-3-4(14)1-2-6(5)15-8(11,12)13/h1-3,7,14H. The monoisotopic (exact) mass is 228 g/mol. The van der Waals surface area contributed by atoms with Gasteiger partial charge in [0.05, 0.1) is 5.56 Å². The Morgan fingerprint density at radius 3 is 2.27 bits per heavy atom. The third-order valence-corrected chi connectivity index (χ3v) is 1.45. The first-order chi connectivity index (χ1) is 6.79. The van der Waals surface area contributed by atoms with Gasteiger partial charge in [-0.05, 0) is 18.2 Å². The van der Waals surface area contributed by atoms with E-state index in [9.17, 15) is 22.0 Å². The Labute approximate surface area is 80.9 Å². The topological polar surface area (TPSA) is 29.5 Å². The van der Waals surface area contributed by atoms with Crippen LogP contribution >= 0.6 is 0 Å². The summed E-state index contributed by atoms with van der Waals surface area (Å²) in [7, 11) is 0. The van der Waals surface area contributed by atoms with Crippen molar-refractivity contribution in [2.75, 3.05) is 0 Å². The second-order valence-electron chi connectivity index (χ2n) is 2.57. The lowest BCUT2D eigenvalue weighted by atomic mass is 10.2. The molecule has 0 fully saturated rings. The molecule has 84 valence electrons. The third-order valence-electron chi connectivity index (χ3n) is 1.45. The van der Waals surface area contributed by atoms with Crippen LogP contribution in [0.2, 0.25) is 0 Å². The lowest BCUT2D eigenvalue weighted by Crippen LogP contribution is -2.18. The Morgan fingerprint density at radius 2 is 1.80 bits per heavy atom. The van der Waals surface area contributed by atoms with Crippen molar-refractivity contribution in [3.05, 3.63) is 23.8 Å². The zero-order valence-corrected chi connectivity index (χ0v) is 7.05. The minimum Gasteiger partial charge on any atom is -0.508 e. The molecular formula is C8H5F5O2. The molecule has 7 heteroatoms. The van der Waals surface area contributed by atoms with E-state index in [1.54, 1.807) is 0 Å². The van der Waals surface area contributed by atoms with E-state index in [4.69, 9.17) is 5.11 Å². The van der Waals surface area contributed by atoms with Crippen LogP contribution in [0.5, 0.6) is 11.5 Å². The average molecular weight is 228 g/mol. The highest BCUT2D eigenvalue weighted by molar-refractivity contribution is 5.40. The molecule has 1 N–H and O–H groups in total.